The van der Waals surface area contributed by atoms with Crippen molar-refractivity contribution in [1.29, 1.82) is 0 Å². The van der Waals surface area contributed by atoms with Gasteiger partial charge in [-0.15, -0.1) is 0 Å². The van der Waals surface area contributed by atoms with Crippen LogP contribution in [0, 0.1) is 20.8 Å². The van der Waals surface area contributed by atoms with Gasteiger partial charge in [-0.05, 0) is 56.0 Å². The number of benzene rings is 2. The van der Waals surface area contributed by atoms with E-state index >= 15 is 0 Å². The van der Waals surface area contributed by atoms with Crippen molar-refractivity contribution < 1.29 is 9.59 Å². The first-order valence-corrected chi connectivity index (χ1v) is 11.7. The van der Waals surface area contributed by atoms with Crippen LogP contribution in [-0.4, -0.2) is 54.3 Å². The SMILES string of the molecule is CCCCN1C(=O)C(c2ccc(C)cc2C)=C(N2CCN(c3cccc(C)c3)CC2)C1=O. The highest BCUT2D eigenvalue weighted by molar-refractivity contribution is 6.35. The molecule has 2 aromatic carbocycles. The molecule has 32 heavy (non-hydrogen) atoms. The highest BCUT2D eigenvalue weighted by Gasteiger charge is 2.42. The van der Waals surface area contributed by atoms with E-state index in [1.165, 1.54) is 16.2 Å². The second-order valence-corrected chi connectivity index (χ2v) is 8.97. The highest BCUT2D eigenvalue weighted by atomic mass is 16.2. The van der Waals surface area contributed by atoms with Crippen molar-refractivity contribution in [1.82, 2.24) is 9.80 Å². The van der Waals surface area contributed by atoms with E-state index in [0.717, 1.165) is 55.7 Å². The van der Waals surface area contributed by atoms with Gasteiger partial charge in [-0.3, -0.25) is 14.5 Å². The van der Waals surface area contributed by atoms with Crippen LogP contribution in [0.5, 0.6) is 0 Å². The maximum Gasteiger partial charge on any atom is 0.277 e. The minimum absolute atomic E-state index is 0.137. The lowest BCUT2D eigenvalue weighted by molar-refractivity contribution is -0.137. The largest absolute Gasteiger partial charge is 0.368 e. The fourth-order valence-electron chi connectivity index (χ4n) is 4.73. The summed E-state index contributed by atoms with van der Waals surface area (Å²) in [6, 6.07) is 14.6. The monoisotopic (exact) mass is 431 g/mol. The summed E-state index contributed by atoms with van der Waals surface area (Å²) in [5.41, 5.74) is 6.69. The first kappa shape index (κ1) is 22.1. The molecule has 1 fully saturated rings. The summed E-state index contributed by atoms with van der Waals surface area (Å²) in [6.45, 7) is 11.8. The first-order chi connectivity index (χ1) is 15.4. The Balaban J connectivity index is 1.66. The van der Waals surface area contributed by atoms with Gasteiger partial charge in [0.15, 0.2) is 0 Å². The predicted octanol–water partition coefficient (Wildman–Crippen LogP) is 4.31. The van der Waals surface area contributed by atoms with Gasteiger partial charge in [0.25, 0.3) is 11.8 Å². The molecule has 2 aromatic rings. The molecule has 2 aliphatic rings. The maximum atomic E-state index is 13.5. The Bertz CT molecular complexity index is 1060. The first-order valence-electron chi connectivity index (χ1n) is 11.7. The molecule has 2 aliphatic heterocycles. The van der Waals surface area contributed by atoms with Crippen LogP contribution in [-0.2, 0) is 9.59 Å². The summed E-state index contributed by atoms with van der Waals surface area (Å²) >= 11 is 0. The van der Waals surface area contributed by atoms with Gasteiger partial charge >= 0.3 is 0 Å². The van der Waals surface area contributed by atoms with Gasteiger partial charge in [-0.1, -0.05) is 49.2 Å². The standard InChI is InChI=1S/C27H33N3O2/c1-5-6-12-30-26(31)24(23-11-10-20(3)17-21(23)4)25(27(30)32)29-15-13-28(14-16-29)22-9-7-8-19(2)18-22/h7-11,17-18H,5-6,12-16H2,1-4H3. The molecular weight excluding hydrogens is 398 g/mol. The van der Waals surface area contributed by atoms with Crippen LogP contribution in [0.2, 0.25) is 0 Å². The molecule has 2 heterocycles. The molecule has 0 aromatic heterocycles. The Morgan fingerprint density at radius 1 is 0.812 bits per heavy atom. The molecule has 0 saturated carbocycles. The third-order valence-electron chi connectivity index (χ3n) is 6.49. The summed E-state index contributed by atoms with van der Waals surface area (Å²) in [7, 11) is 0. The van der Waals surface area contributed by atoms with Crippen LogP contribution >= 0.6 is 0 Å². The molecule has 0 aliphatic carbocycles. The van der Waals surface area contributed by atoms with Gasteiger partial charge in [0.1, 0.15) is 5.70 Å². The Morgan fingerprint density at radius 2 is 1.50 bits per heavy atom. The number of amides is 2. The second kappa shape index (κ2) is 9.19. The van der Waals surface area contributed by atoms with Crippen LogP contribution < -0.4 is 4.90 Å². The lowest BCUT2D eigenvalue weighted by Crippen LogP contribution is -2.47. The minimum atomic E-state index is -0.147. The molecule has 1 saturated heterocycles. The Labute approximate surface area is 191 Å². The zero-order valence-electron chi connectivity index (χ0n) is 19.6. The zero-order valence-corrected chi connectivity index (χ0v) is 19.6. The molecule has 0 unspecified atom stereocenters. The number of imide groups is 1. The number of carbonyl (C=O) groups excluding carboxylic acids is 2. The number of unbranched alkanes of at least 4 members (excludes halogenated alkanes) is 1. The van der Waals surface area contributed by atoms with Crippen LogP contribution in [0.4, 0.5) is 5.69 Å². The van der Waals surface area contributed by atoms with Crippen molar-refractivity contribution in [3.05, 3.63) is 70.4 Å². The van der Waals surface area contributed by atoms with E-state index in [4.69, 9.17) is 0 Å². The minimum Gasteiger partial charge on any atom is -0.368 e. The Morgan fingerprint density at radius 3 is 2.16 bits per heavy atom. The lowest BCUT2D eigenvalue weighted by atomic mass is 9.97. The fourth-order valence-corrected chi connectivity index (χ4v) is 4.73. The zero-order chi connectivity index (χ0) is 22.8. The van der Waals surface area contributed by atoms with Crippen LogP contribution in [0.15, 0.2) is 48.2 Å². The Kier molecular flexibility index (Phi) is 6.35. The summed E-state index contributed by atoms with van der Waals surface area (Å²) in [5.74, 6) is -0.283. The Hall–Kier alpha value is -3.08. The molecule has 4 rings (SSSR count). The van der Waals surface area contributed by atoms with Crippen molar-refractivity contribution >= 4 is 23.1 Å². The number of hydrogen-bond donors (Lipinski definition) is 0. The fraction of sp³-hybridized carbons (Fsp3) is 0.407. The lowest BCUT2D eigenvalue weighted by Gasteiger charge is -2.38. The van der Waals surface area contributed by atoms with Gasteiger partial charge in [0.2, 0.25) is 0 Å². The molecule has 0 N–H and O–H groups in total. The third-order valence-corrected chi connectivity index (χ3v) is 6.49. The molecule has 0 spiro atoms. The highest BCUT2D eigenvalue weighted by Crippen LogP contribution is 2.34. The summed E-state index contributed by atoms with van der Waals surface area (Å²) in [4.78, 5) is 32.9. The number of nitrogens with zero attached hydrogens (tertiary/aromatic N) is 3. The number of rotatable bonds is 6. The summed E-state index contributed by atoms with van der Waals surface area (Å²) in [5, 5.41) is 0. The molecule has 0 atom stereocenters. The van der Waals surface area contributed by atoms with E-state index in [9.17, 15) is 9.59 Å². The van der Waals surface area contributed by atoms with Gasteiger partial charge in [-0.2, -0.15) is 0 Å². The van der Waals surface area contributed by atoms with Crippen molar-refractivity contribution in [2.24, 2.45) is 0 Å². The van der Waals surface area contributed by atoms with Crippen LogP contribution in [0.1, 0.15) is 42.0 Å². The molecular formula is C27H33N3O2. The van der Waals surface area contributed by atoms with E-state index in [0.29, 0.717) is 17.8 Å². The topological polar surface area (TPSA) is 43.9 Å². The van der Waals surface area contributed by atoms with Gasteiger partial charge in [-0.25, -0.2) is 0 Å². The van der Waals surface area contributed by atoms with Gasteiger partial charge in [0, 0.05) is 38.4 Å². The van der Waals surface area contributed by atoms with E-state index in [2.05, 4.69) is 54.0 Å². The third kappa shape index (κ3) is 4.16. The van der Waals surface area contributed by atoms with E-state index in [1.807, 2.05) is 26.0 Å². The number of anilines is 1. The van der Waals surface area contributed by atoms with Crippen molar-refractivity contribution in [3.8, 4) is 0 Å². The van der Waals surface area contributed by atoms with Crippen LogP contribution in [0.25, 0.3) is 5.57 Å². The smallest absolute Gasteiger partial charge is 0.277 e. The molecule has 5 heteroatoms. The van der Waals surface area contributed by atoms with E-state index in [-0.39, 0.29) is 11.8 Å². The number of carbonyl (C=O) groups is 2. The predicted molar refractivity (Wildman–Crippen MR) is 129 cm³/mol. The maximum absolute atomic E-state index is 13.5. The van der Waals surface area contributed by atoms with E-state index in [1.54, 1.807) is 0 Å². The van der Waals surface area contributed by atoms with Crippen LogP contribution in [0.3, 0.4) is 0 Å². The number of piperazine rings is 1. The molecule has 0 bridgehead atoms. The molecule has 0 radical (unpaired) electrons. The summed E-state index contributed by atoms with van der Waals surface area (Å²) < 4.78 is 0. The second-order valence-electron chi connectivity index (χ2n) is 8.97. The van der Waals surface area contributed by atoms with Crippen molar-refractivity contribution in [2.45, 2.75) is 40.5 Å². The number of aryl methyl sites for hydroxylation is 3. The average molecular weight is 432 g/mol. The van der Waals surface area contributed by atoms with Crippen molar-refractivity contribution in [3.63, 3.8) is 0 Å². The van der Waals surface area contributed by atoms with Gasteiger partial charge < -0.3 is 9.80 Å². The van der Waals surface area contributed by atoms with Gasteiger partial charge in [0.05, 0.1) is 5.57 Å². The molecule has 2 amide bonds. The number of hydrogen-bond acceptors (Lipinski definition) is 4. The summed E-state index contributed by atoms with van der Waals surface area (Å²) in [6.07, 6.45) is 1.77. The average Bonchev–Trinajstić information content (AvgIpc) is 3.02. The molecule has 168 valence electrons. The quantitative estimate of drug-likeness (QED) is 0.639. The molecule has 5 nitrogen and oxygen atoms in total. The normalized spacial score (nSPS) is 17.1. The van der Waals surface area contributed by atoms with E-state index < -0.39 is 0 Å². The van der Waals surface area contributed by atoms with Crippen molar-refractivity contribution in [2.75, 3.05) is 37.6 Å².